The number of ether oxygens (including phenoxy) is 1. The molecule has 0 aliphatic rings. The molecule has 13 heavy (non-hydrogen) atoms. The summed E-state index contributed by atoms with van der Waals surface area (Å²) >= 11 is 0. The first-order chi connectivity index (χ1) is 5.99. The van der Waals surface area contributed by atoms with E-state index in [1.807, 2.05) is 0 Å². The van der Waals surface area contributed by atoms with Crippen LogP contribution in [0.3, 0.4) is 0 Å². The van der Waals surface area contributed by atoms with Gasteiger partial charge in [-0.05, 0) is 19.4 Å². The van der Waals surface area contributed by atoms with Gasteiger partial charge in [0.25, 0.3) is 0 Å². The van der Waals surface area contributed by atoms with Crippen LogP contribution >= 0.6 is 0 Å². The lowest BCUT2D eigenvalue weighted by Gasteiger charge is -2.13. The second-order valence-corrected chi connectivity index (χ2v) is 2.48. The van der Waals surface area contributed by atoms with E-state index in [1.165, 1.54) is 6.92 Å². The average molecular weight is 187 g/mol. The minimum absolute atomic E-state index is 0.203. The topological polar surface area (TPSA) is 75.6 Å². The minimum Gasteiger partial charge on any atom is -0.479 e. The number of carbonyl (C=O) groups is 2. The predicted molar refractivity (Wildman–Crippen MR) is 46.4 cm³/mol. The zero-order valence-corrected chi connectivity index (χ0v) is 7.66. The van der Waals surface area contributed by atoms with E-state index in [-0.39, 0.29) is 6.61 Å². The van der Waals surface area contributed by atoms with E-state index in [0.717, 1.165) is 0 Å². The van der Waals surface area contributed by atoms with Crippen LogP contribution in [0.5, 0.6) is 0 Å². The molecule has 1 amide bonds. The molecule has 0 radical (unpaired) electrons. The molecule has 0 aromatic carbocycles. The molecule has 0 unspecified atom stereocenters. The van der Waals surface area contributed by atoms with Crippen LogP contribution in [0, 0.1) is 0 Å². The SMILES string of the molecule is C=C(C)[C@@H](NC(=O)OCC)C(=O)O. The van der Waals surface area contributed by atoms with Gasteiger partial charge in [0.2, 0.25) is 0 Å². The number of hydrogen-bond acceptors (Lipinski definition) is 3. The van der Waals surface area contributed by atoms with Crippen molar-refractivity contribution in [3.8, 4) is 0 Å². The third kappa shape index (κ3) is 4.15. The fraction of sp³-hybridized carbons (Fsp3) is 0.500. The standard InChI is InChI=1S/C8H13NO4/c1-4-13-8(12)9-6(5(2)3)7(10)11/h6H,2,4H2,1,3H3,(H,9,12)(H,10,11)/t6-/m1/s1. The Morgan fingerprint density at radius 3 is 2.46 bits per heavy atom. The Labute approximate surface area is 76.4 Å². The smallest absolute Gasteiger partial charge is 0.408 e. The molecule has 0 heterocycles. The summed E-state index contributed by atoms with van der Waals surface area (Å²) in [6, 6.07) is -1.08. The Morgan fingerprint density at radius 1 is 1.62 bits per heavy atom. The maximum absolute atomic E-state index is 10.8. The molecule has 0 bridgehead atoms. The predicted octanol–water partition coefficient (Wildman–Crippen LogP) is 0.762. The Bertz CT molecular complexity index is 210. The van der Waals surface area contributed by atoms with E-state index in [4.69, 9.17) is 5.11 Å². The highest BCUT2D eigenvalue weighted by molar-refractivity contribution is 5.82. The monoisotopic (exact) mass is 187 g/mol. The number of aliphatic carboxylic acids is 1. The van der Waals surface area contributed by atoms with Crippen molar-refractivity contribution in [2.24, 2.45) is 0 Å². The van der Waals surface area contributed by atoms with Crippen LogP contribution in [-0.4, -0.2) is 29.8 Å². The summed E-state index contributed by atoms with van der Waals surface area (Å²) < 4.78 is 4.52. The number of carboxylic acid groups (broad SMARTS) is 1. The van der Waals surface area contributed by atoms with Crippen molar-refractivity contribution in [1.29, 1.82) is 0 Å². The van der Waals surface area contributed by atoms with Gasteiger partial charge >= 0.3 is 12.1 Å². The number of nitrogens with one attached hydrogen (secondary N) is 1. The molecule has 0 aliphatic carbocycles. The lowest BCUT2D eigenvalue weighted by atomic mass is 10.1. The molecule has 5 nitrogen and oxygen atoms in total. The number of alkyl carbamates (subject to hydrolysis) is 1. The molecule has 0 aliphatic heterocycles. The van der Waals surface area contributed by atoms with Crippen molar-refractivity contribution in [2.45, 2.75) is 19.9 Å². The molecular formula is C8H13NO4. The molecule has 0 aromatic heterocycles. The van der Waals surface area contributed by atoms with Crippen molar-refractivity contribution >= 4 is 12.1 Å². The fourth-order valence-electron chi connectivity index (χ4n) is 0.686. The van der Waals surface area contributed by atoms with Gasteiger partial charge in [0.05, 0.1) is 6.61 Å². The molecule has 1 atom stereocenters. The lowest BCUT2D eigenvalue weighted by Crippen LogP contribution is -2.41. The highest BCUT2D eigenvalue weighted by Gasteiger charge is 2.20. The van der Waals surface area contributed by atoms with E-state index in [9.17, 15) is 9.59 Å². The van der Waals surface area contributed by atoms with Crippen LogP contribution in [0.2, 0.25) is 0 Å². The lowest BCUT2D eigenvalue weighted by molar-refractivity contribution is -0.138. The van der Waals surface area contributed by atoms with Crippen LogP contribution in [-0.2, 0) is 9.53 Å². The number of hydrogen-bond donors (Lipinski definition) is 2. The first-order valence-electron chi connectivity index (χ1n) is 3.80. The van der Waals surface area contributed by atoms with E-state index < -0.39 is 18.1 Å². The molecule has 0 spiro atoms. The van der Waals surface area contributed by atoms with Crippen molar-refractivity contribution < 1.29 is 19.4 Å². The summed E-state index contributed by atoms with van der Waals surface area (Å²) in [5.41, 5.74) is 0.348. The highest BCUT2D eigenvalue weighted by atomic mass is 16.5. The Kier molecular flexibility index (Phi) is 4.58. The first kappa shape index (κ1) is 11.5. The van der Waals surface area contributed by atoms with Crippen LogP contribution in [0.15, 0.2) is 12.2 Å². The molecule has 2 N–H and O–H groups in total. The van der Waals surface area contributed by atoms with E-state index in [1.54, 1.807) is 6.92 Å². The van der Waals surface area contributed by atoms with Gasteiger partial charge in [0.15, 0.2) is 6.04 Å². The normalized spacial score (nSPS) is 11.5. The van der Waals surface area contributed by atoms with Gasteiger partial charge in [-0.25, -0.2) is 9.59 Å². The van der Waals surface area contributed by atoms with Crippen LogP contribution < -0.4 is 5.32 Å². The number of amides is 1. The number of carboxylic acids is 1. The summed E-state index contributed by atoms with van der Waals surface area (Å²) in [7, 11) is 0. The largest absolute Gasteiger partial charge is 0.479 e. The molecule has 74 valence electrons. The molecule has 0 fully saturated rings. The van der Waals surface area contributed by atoms with Crippen molar-refractivity contribution in [1.82, 2.24) is 5.32 Å². The fourth-order valence-corrected chi connectivity index (χ4v) is 0.686. The van der Waals surface area contributed by atoms with Gasteiger partial charge in [-0.3, -0.25) is 0 Å². The van der Waals surface area contributed by atoms with Crippen molar-refractivity contribution in [3.05, 3.63) is 12.2 Å². The van der Waals surface area contributed by atoms with Crippen molar-refractivity contribution in [2.75, 3.05) is 6.61 Å². The van der Waals surface area contributed by atoms with Gasteiger partial charge in [-0.2, -0.15) is 0 Å². The third-order valence-electron chi connectivity index (χ3n) is 1.28. The van der Waals surface area contributed by atoms with Crippen LogP contribution in [0.25, 0.3) is 0 Å². The summed E-state index contributed by atoms with van der Waals surface area (Å²) in [6.45, 7) is 6.80. The quantitative estimate of drug-likeness (QED) is 0.637. The highest BCUT2D eigenvalue weighted by Crippen LogP contribution is 1.98. The first-order valence-corrected chi connectivity index (χ1v) is 3.80. The zero-order valence-electron chi connectivity index (χ0n) is 7.66. The minimum atomic E-state index is -1.15. The molecule has 0 saturated heterocycles. The van der Waals surface area contributed by atoms with Gasteiger partial charge in [-0.1, -0.05) is 6.58 Å². The second-order valence-electron chi connectivity index (χ2n) is 2.48. The van der Waals surface area contributed by atoms with Gasteiger partial charge in [0.1, 0.15) is 0 Å². The maximum atomic E-state index is 10.8. The zero-order chi connectivity index (χ0) is 10.4. The number of rotatable bonds is 4. The van der Waals surface area contributed by atoms with E-state index in [0.29, 0.717) is 5.57 Å². The summed E-state index contributed by atoms with van der Waals surface area (Å²) in [4.78, 5) is 21.4. The summed E-state index contributed by atoms with van der Waals surface area (Å²) in [5, 5.41) is 10.8. The van der Waals surface area contributed by atoms with Gasteiger partial charge in [0, 0.05) is 0 Å². The molecule has 0 aromatic rings. The third-order valence-corrected chi connectivity index (χ3v) is 1.28. The molecule has 0 rings (SSSR count). The van der Waals surface area contributed by atoms with Crippen molar-refractivity contribution in [3.63, 3.8) is 0 Å². The van der Waals surface area contributed by atoms with Gasteiger partial charge in [-0.15, -0.1) is 0 Å². The Hall–Kier alpha value is -1.52. The molecule has 0 saturated carbocycles. The van der Waals surface area contributed by atoms with E-state index >= 15 is 0 Å². The maximum Gasteiger partial charge on any atom is 0.408 e. The van der Waals surface area contributed by atoms with Crippen LogP contribution in [0.4, 0.5) is 4.79 Å². The Morgan fingerprint density at radius 2 is 2.15 bits per heavy atom. The summed E-state index contributed by atoms with van der Waals surface area (Å²) in [6.07, 6.45) is -0.752. The summed E-state index contributed by atoms with van der Waals surface area (Å²) in [5.74, 6) is -1.15. The average Bonchev–Trinajstić information content (AvgIpc) is 1.99. The van der Waals surface area contributed by atoms with Crippen LogP contribution in [0.1, 0.15) is 13.8 Å². The Balaban J connectivity index is 4.19. The molecular weight excluding hydrogens is 174 g/mol. The van der Waals surface area contributed by atoms with Gasteiger partial charge < -0.3 is 15.2 Å². The number of carbonyl (C=O) groups excluding carboxylic acids is 1. The second kappa shape index (κ2) is 5.18. The van der Waals surface area contributed by atoms with E-state index in [2.05, 4.69) is 16.6 Å². The molecule has 5 heteroatoms.